The van der Waals surface area contributed by atoms with Crippen LogP contribution in [0, 0.1) is 0 Å². The number of hydrogen-bond donors (Lipinski definition) is 1. The third kappa shape index (κ3) is 2.75. The van der Waals surface area contributed by atoms with E-state index in [0.717, 1.165) is 26.3 Å². The monoisotopic (exact) mass is 295 g/mol. The van der Waals surface area contributed by atoms with Crippen molar-refractivity contribution in [3.8, 4) is 0 Å². The maximum absolute atomic E-state index is 14.4. The van der Waals surface area contributed by atoms with Crippen molar-refractivity contribution in [2.45, 2.75) is 17.9 Å². The minimum atomic E-state index is -5.61. The molecule has 0 saturated heterocycles. The molecule has 1 amide bonds. The smallest absolute Gasteiger partial charge is 0.384 e. The Morgan fingerprint density at radius 2 is 1.75 bits per heavy atom. The second kappa shape index (κ2) is 5.76. The van der Waals surface area contributed by atoms with Crippen LogP contribution in [0.1, 0.15) is 11.7 Å². The molecule has 1 N–H and O–H groups in total. The first-order valence-corrected chi connectivity index (χ1v) is 5.47. The predicted molar refractivity (Wildman–Crippen MR) is 61.1 cm³/mol. The maximum Gasteiger partial charge on any atom is 0.434 e. The Kier molecular flexibility index (Phi) is 4.72. The molecule has 0 bridgehead atoms. The number of aliphatic hydroxyl groups excluding tert-OH is 1. The topological polar surface area (TPSA) is 49.8 Å². The molecule has 1 aromatic rings. The molecular weight excluding hydrogens is 282 g/mol. The van der Waals surface area contributed by atoms with Gasteiger partial charge in [-0.25, -0.2) is 9.45 Å². The zero-order chi connectivity index (χ0) is 15.6. The molecule has 2 atom stereocenters. The number of rotatable bonds is 4. The summed E-state index contributed by atoms with van der Waals surface area (Å²) in [5, 5.41) is 9.77. The average molecular weight is 295 g/mol. The average Bonchev–Trinajstić information content (AvgIpc) is 2.43. The molecule has 1 aromatic carbocycles. The SMILES string of the molecule is CON(C)C(=O)[C@](F)([C@@H](O)c1ccccc1)C(F)(F)F. The van der Waals surface area contributed by atoms with Crippen molar-refractivity contribution in [1.82, 2.24) is 5.06 Å². The molecule has 0 radical (unpaired) electrons. The van der Waals surface area contributed by atoms with Gasteiger partial charge >= 0.3 is 11.8 Å². The lowest BCUT2D eigenvalue weighted by atomic mass is 9.91. The minimum absolute atomic E-state index is 0.0830. The zero-order valence-corrected chi connectivity index (χ0v) is 10.7. The van der Waals surface area contributed by atoms with Crippen LogP contribution in [0.15, 0.2) is 30.3 Å². The molecule has 0 unspecified atom stereocenters. The fraction of sp³-hybridized carbons (Fsp3) is 0.417. The number of hydroxylamine groups is 2. The summed E-state index contributed by atoms with van der Waals surface area (Å²) in [5.74, 6) is -2.04. The highest BCUT2D eigenvalue weighted by molar-refractivity contribution is 5.86. The highest BCUT2D eigenvalue weighted by Crippen LogP contribution is 2.44. The van der Waals surface area contributed by atoms with Crippen LogP contribution >= 0.6 is 0 Å². The highest BCUT2D eigenvalue weighted by atomic mass is 19.4. The van der Waals surface area contributed by atoms with Gasteiger partial charge < -0.3 is 5.11 Å². The largest absolute Gasteiger partial charge is 0.434 e. The first kappa shape index (κ1) is 16.4. The Hall–Kier alpha value is -1.67. The third-order valence-corrected chi connectivity index (χ3v) is 2.78. The molecule has 1 rings (SSSR count). The Bertz CT molecular complexity index is 466. The zero-order valence-electron chi connectivity index (χ0n) is 10.7. The maximum atomic E-state index is 14.4. The van der Waals surface area contributed by atoms with Crippen LogP contribution < -0.4 is 0 Å². The van der Waals surface area contributed by atoms with Crippen molar-refractivity contribution in [3.05, 3.63) is 35.9 Å². The van der Waals surface area contributed by atoms with E-state index in [9.17, 15) is 27.5 Å². The van der Waals surface area contributed by atoms with E-state index in [-0.39, 0.29) is 10.6 Å². The van der Waals surface area contributed by atoms with Gasteiger partial charge in [-0.15, -0.1) is 0 Å². The number of carbonyl (C=O) groups is 1. The minimum Gasteiger partial charge on any atom is -0.384 e. The molecular formula is C12H13F4NO3. The Morgan fingerprint density at radius 1 is 1.25 bits per heavy atom. The van der Waals surface area contributed by atoms with Gasteiger partial charge in [0.05, 0.1) is 7.11 Å². The molecule has 0 fully saturated rings. The Labute approximate surface area is 112 Å². The number of benzene rings is 1. The van der Waals surface area contributed by atoms with Crippen LogP contribution in [0.5, 0.6) is 0 Å². The van der Waals surface area contributed by atoms with Crippen LogP contribution in [-0.2, 0) is 9.63 Å². The van der Waals surface area contributed by atoms with E-state index in [0.29, 0.717) is 0 Å². The number of alkyl halides is 4. The van der Waals surface area contributed by atoms with Crippen LogP contribution in [0.25, 0.3) is 0 Å². The van der Waals surface area contributed by atoms with Crippen LogP contribution in [0.3, 0.4) is 0 Å². The van der Waals surface area contributed by atoms with Gasteiger partial charge in [0.15, 0.2) is 0 Å². The predicted octanol–water partition coefficient (Wildman–Crippen LogP) is 2.01. The first-order valence-electron chi connectivity index (χ1n) is 5.47. The van der Waals surface area contributed by atoms with Crippen molar-refractivity contribution < 1.29 is 32.3 Å². The number of amides is 1. The number of aliphatic hydroxyl groups is 1. The van der Waals surface area contributed by atoms with Gasteiger partial charge in [-0.3, -0.25) is 9.63 Å². The molecule has 0 aliphatic heterocycles. The summed E-state index contributed by atoms with van der Waals surface area (Å²) in [5.41, 5.74) is -4.87. The summed E-state index contributed by atoms with van der Waals surface area (Å²) in [7, 11) is 1.73. The molecule has 0 saturated carbocycles. The third-order valence-electron chi connectivity index (χ3n) is 2.78. The van der Waals surface area contributed by atoms with Gasteiger partial charge in [0, 0.05) is 7.05 Å². The highest BCUT2D eigenvalue weighted by Gasteiger charge is 2.67. The summed E-state index contributed by atoms with van der Waals surface area (Å²) in [4.78, 5) is 15.9. The lowest BCUT2D eigenvalue weighted by Crippen LogP contribution is -2.57. The van der Waals surface area contributed by atoms with Crippen molar-refractivity contribution in [3.63, 3.8) is 0 Å². The van der Waals surface area contributed by atoms with Gasteiger partial charge in [0.1, 0.15) is 6.10 Å². The first-order chi connectivity index (χ1) is 9.16. The summed E-state index contributed by atoms with van der Waals surface area (Å²) >= 11 is 0. The second-order valence-electron chi connectivity index (χ2n) is 4.01. The Morgan fingerprint density at radius 3 is 2.15 bits per heavy atom. The molecule has 0 aliphatic rings. The van der Waals surface area contributed by atoms with Crippen LogP contribution in [0.2, 0.25) is 0 Å². The van der Waals surface area contributed by atoms with Crippen LogP contribution in [-0.4, -0.2) is 42.1 Å². The number of carbonyl (C=O) groups excluding carboxylic acids is 1. The molecule has 8 heteroatoms. The van der Waals surface area contributed by atoms with E-state index >= 15 is 0 Å². The normalized spacial score (nSPS) is 16.4. The van der Waals surface area contributed by atoms with Crippen molar-refractivity contribution in [2.24, 2.45) is 0 Å². The van der Waals surface area contributed by atoms with E-state index < -0.39 is 23.9 Å². The van der Waals surface area contributed by atoms with Crippen LogP contribution in [0.4, 0.5) is 17.6 Å². The fourth-order valence-electron chi connectivity index (χ4n) is 1.57. The summed E-state index contributed by atoms with van der Waals surface area (Å²) in [6.07, 6.45) is -8.31. The standard InChI is InChI=1S/C12H13F4NO3/c1-17(20-2)10(19)11(13,12(14,15)16)9(18)8-6-4-3-5-7-8/h3-7,9,18H,1-2H3/t9-,11+/m0/s1. The molecule has 20 heavy (non-hydrogen) atoms. The van der Waals surface area contributed by atoms with E-state index in [1.807, 2.05) is 0 Å². The summed E-state index contributed by atoms with van der Waals surface area (Å²) < 4.78 is 53.2. The molecule has 0 heterocycles. The summed E-state index contributed by atoms with van der Waals surface area (Å²) in [6, 6.07) is 6.29. The number of nitrogens with zero attached hydrogens (tertiary/aromatic N) is 1. The number of halogens is 4. The van der Waals surface area contributed by atoms with Crippen molar-refractivity contribution in [2.75, 3.05) is 14.2 Å². The fourth-order valence-corrected chi connectivity index (χ4v) is 1.57. The molecule has 0 aliphatic carbocycles. The van der Waals surface area contributed by atoms with Gasteiger partial charge in [-0.05, 0) is 5.56 Å². The molecule has 0 aromatic heterocycles. The van der Waals surface area contributed by atoms with E-state index in [1.165, 1.54) is 18.2 Å². The molecule has 112 valence electrons. The van der Waals surface area contributed by atoms with Gasteiger partial charge in [-0.2, -0.15) is 13.2 Å². The quantitative estimate of drug-likeness (QED) is 0.683. The lowest BCUT2D eigenvalue weighted by Gasteiger charge is -2.33. The molecule has 4 nitrogen and oxygen atoms in total. The van der Waals surface area contributed by atoms with Gasteiger partial charge in [0.2, 0.25) is 0 Å². The summed E-state index contributed by atoms with van der Waals surface area (Å²) in [6.45, 7) is 0. The second-order valence-corrected chi connectivity index (χ2v) is 4.01. The van der Waals surface area contributed by atoms with Crippen molar-refractivity contribution in [1.29, 1.82) is 0 Å². The van der Waals surface area contributed by atoms with E-state index in [4.69, 9.17) is 0 Å². The number of hydrogen-bond acceptors (Lipinski definition) is 3. The van der Waals surface area contributed by atoms with E-state index in [1.54, 1.807) is 0 Å². The molecule has 0 spiro atoms. The van der Waals surface area contributed by atoms with Gasteiger partial charge in [-0.1, -0.05) is 30.3 Å². The van der Waals surface area contributed by atoms with Gasteiger partial charge in [0.25, 0.3) is 5.91 Å². The van der Waals surface area contributed by atoms with Crippen molar-refractivity contribution >= 4 is 5.91 Å². The van der Waals surface area contributed by atoms with E-state index in [2.05, 4.69) is 4.84 Å². The Balaban J connectivity index is 3.30. The lowest BCUT2D eigenvalue weighted by molar-refractivity contribution is -0.269.